The van der Waals surface area contributed by atoms with E-state index in [0.717, 1.165) is 18.7 Å². The molecule has 0 aliphatic carbocycles. The summed E-state index contributed by atoms with van der Waals surface area (Å²) in [7, 11) is 0. The van der Waals surface area contributed by atoms with E-state index in [9.17, 15) is 5.11 Å². The quantitative estimate of drug-likeness (QED) is 0.760. The van der Waals surface area contributed by atoms with Crippen molar-refractivity contribution in [3.8, 4) is 5.75 Å². The van der Waals surface area contributed by atoms with Crippen LogP contribution >= 0.6 is 0 Å². The predicted octanol–water partition coefficient (Wildman–Crippen LogP) is 1.89. The van der Waals surface area contributed by atoms with Gasteiger partial charge in [0.1, 0.15) is 12.0 Å². The van der Waals surface area contributed by atoms with Crippen molar-refractivity contribution in [1.29, 1.82) is 0 Å². The maximum absolute atomic E-state index is 9.78. The lowest BCUT2D eigenvalue weighted by Gasteiger charge is -2.22. The lowest BCUT2D eigenvalue weighted by molar-refractivity contribution is 0.0334. The predicted molar refractivity (Wildman–Crippen MR) is 56.5 cm³/mol. The molecule has 1 unspecified atom stereocenters. The number of ether oxygens (including phenoxy) is 1. The molecule has 3 nitrogen and oxygen atoms in total. The molecular formula is C12H15NO2. The third-order valence-corrected chi connectivity index (χ3v) is 3.37. The smallest absolute Gasteiger partial charge is 0.140 e. The van der Waals surface area contributed by atoms with E-state index in [4.69, 9.17) is 4.74 Å². The average molecular weight is 205 g/mol. The number of phenolic OH excluding ortho intramolecular Hbond substituents is 1. The fourth-order valence-corrected chi connectivity index (χ4v) is 2.61. The monoisotopic (exact) mass is 205 g/mol. The van der Waals surface area contributed by atoms with Gasteiger partial charge in [0.25, 0.3) is 0 Å². The van der Waals surface area contributed by atoms with Crippen molar-refractivity contribution >= 4 is 0 Å². The number of hydrogen-bond donors (Lipinski definition) is 1. The number of para-hydroxylation sites is 1. The Bertz CT molecular complexity index is 366. The van der Waals surface area contributed by atoms with Gasteiger partial charge in [-0.05, 0) is 18.9 Å². The molecule has 15 heavy (non-hydrogen) atoms. The summed E-state index contributed by atoms with van der Waals surface area (Å²) >= 11 is 0. The van der Waals surface area contributed by atoms with Gasteiger partial charge in [-0.2, -0.15) is 0 Å². The Morgan fingerprint density at radius 2 is 2.20 bits per heavy atom. The van der Waals surface area contributed by atoms with Crippen molar-refractivity contribution in [3.05, 3.63) is 29.8 Å². The lowest BCUT2D eigenvalue weighted by Crippen LogP contribution is -2.26. The Morgan fingerprint density at radius 3 is 3.07 bits per heavy atom. The second-order valence-electron chi connectivity index (χ2n) is 4.28. The molecule has 2 atom stereocenters. The summed E-state index contributed by atoms with van der Waals surface area (Å²) in [5.74, 6) is 0.343. The van der Waals surface area contributed by atoms with Crippen LogP contribution in [0.15, 0.2) is 24.3 Å². The molecule has 1 N–H and O–H groups in total. The first-order chi connectivity index (χ1) is 7.36. The fraction of sp³-hybridized carbons (Fsp3) is 0.500. The van der Waals surface area contributed by atoms with Crippen LogP contribution in [0.5, 0.6) is 5.75 Å². The molecule has 2 fully saturated rings. The zero-order valence-electron chi connectivity index (χ0n) is 8.60. The second kappa shape index (κ2) is 3.51. The van der Waals surface area contributed by atoms with Crippen LogP contribution in [-0.4, -0.2) is 29.2 Å². The highest BCUT2D eigenvalue weighted by atomic mass is 16.5. The summed E-state index contributed by atoms with van der Waals surface area (Å²) in [5, 5.41) is 9.78. The molecule has 1 aromatic rings. The molecule has 0 radical (unpaired) electrons. The van der Waals surface area contributed by atoms with Gasteiger partial charge < -0.3 is 9.84 Å². The first-order valence-electron chi connectivity index (χ1n) is 5.51. The number of phenols is 1. The summed E-state index contributed by atoms with van der Waals surface area (Å²) < 4.78 is 5.75. The lowest BCUT2D eigenvalue weighted by atomic mass is 10.1. The zero-order chi connectivity index (χ0) is 10.3. The van der Waals surface area contributed by atoms with Gasteiger partial charge in [0.15, 0.2) is 0 Å². The Morgan fingerprint density at radius 1 is 1.33 bits per heavy atom. The van der Waals surface area contributed by atoms with Crippen LogP contribution in [0.3, 0.4) is 0 Å². The van der Waals surface area contributed by atoms with Gasteiger partial charge >= 0.3 is 0 Å². The van der Waals surface area contributed by atoms with Crippen LogP contribution in [-0.2, 0) is 4.74 Å². The van der Waals surface area contributed by atoms with Crippen LogP contribution in [0.4, 0.5) is 0 Å². The number of aromatic hydroxyl groups is 1. The highest BCUT2D eigenvalue weighted by molar-refractivity contribution is 5.34. The van der Waals surface area contributed by atoms with Gasteiger partial charge in [-0.25, -0.2) is 0 Å². The summed E-state index contributed by atoms with van der Waals surface area (Å²) in [6.45, 7) is 1.89. The Hall–Kier alpha value is -1.06. The maximum Gasteiger partial charge on any atom is 0.140 e. The molecule has 2 heterocycles. The molecule has 2 saturated heterocycles. The fourth-order valence-electron chi connectivity index (χ4n) is 2.61. The van der Waals surface area contributed by atoms with E-state index in [2.05, 4.69) is 4.90 Å². The minimum Gasteiger partial charge on any atom is -0.508 e. The van der Waals surface area contributed by atoms with E-state index in [1.807, 2.05) is 18.2 Å². The van der Waals surface area contributed by atoms with Crippen LogP contribution in [0, 0.1) is 0 Å². The molecule has 0 amide bonds. The Kier molecular flexibility index (Phi) is 2.15. The number of hydrogen-bond acceptors (Lipinski definition) is 3. The van der Waals surface area contributed by atoms with Gasteiger partial charge in [-0.15, -0.1) is 0 Å². The molecule has 3 rings (SSSR count). The van der Waals surface area contributed by atoms with Crippen molar-refractivity contribution in [2.45, 2.75) is 25.1 Å². The normalized spacial score (nSPS) is 30.7. The highest BCUT2D eigenvalue weighted by Crippen LogP contribution is 2.39. The standard InChI is InChI=1S/C12H15NO2/c14-11-6-2-1-5-10(11)12-13-7-3-4-9(13)8-15-12/h1-2,5-6,9,12,14H,3-4,7-8H2/t9-,12?/m0/s1. The van der Waals surface area contributed by atoms with Crippen molar-refractivity contribution in [1.82, 2.24) is 4.90 Å². The third-order valence-electron chi connectivity index (χ3n) is 3.37. The molecule has 0 aromatic heterocycles. The minimum absolute atomic E-state index is 0.0290. The summed E-state index contributed by atoms with van der Waals surface area (Å²) in [5.41, 5.74) is 0.905. The average Bonchev–Trinajstić information content (AvgIpc) is 2.80. The van der Waals surface area contributed by atoms with Gasteiger partial charge in [-0.1, -0.05) is 18.2 Å². The first kappa shape index (κ1) is 9.19. The molecule has 1 aromatic carbocycles. The summed E-state index contributed by atoms with van der Waals surface area (Å²) in [6.07, 6.45) is 2.45. The van der Waals surface area contributed by atoms with E-state index in [-0.39, 0.29) is 6.23 Å². The van der Waals surface area contributed by atoms with Crippen molar-refractivity contribution in [3.63, 3.8) is 0 Å². The number of rotatable bonds is 1. The maximum atomic E-state index is 9.78. The molecule has 80 valence electrons. The topological polar surface area (TPSA) is 32.7 Å². The molecule has 0 spiro atoms. The largest absolute Gasteiger partial charge is 0.508 e. The van der Waals surface area contributed by atoms with Crippen LogP contribution in [0.1, 0.15) is 24.6 Å². The Balaban J connectivity index is 1.91. The highest BCUT2D eigenvalue weighted by Gasteiger charge is 2.39. The molecule has 2 aliphatic heterocycles. The molecular weight excluding hydrogens is 190 g/mol. The van der Waals surface area contributed by atoms with Crippen molar-refractivity contribution in [2.24, 2.45) is 0 Å². The van der Waals surface area contributed by atoms with Gasteiger partial charge in [0, 0.05) is 18.2 Å². The SMILES string of the molecule is Oc1ccccc1C1OC[C@@H]2CCCN12. The van der Waals surface area contributed by atoms with E-state index in [0.29, 0.717) is 11.8 Å². The van der Waals surface area contributed by atoms with E-state index < -0.39 is 0 Å². The summed E-state index contributed by atoms with van der Waals surface area (Å²) in [4.78, 5) is 2.36. The minimum atomic E-state index is -0.0290. The summed E-state index contributed by atoms with van der Waals surface area (Å²) in [6, 6.07) is 8.02. The molecule has 0 saturated carbocycles. The molecule has 0 bridgehead atoms. The van der Waals surface area contributed by atoms with Gasteiger partial charge in [0.05, 0.1) is 6.61 Å². The van der Waals surface area contributed by atoms with Crippen molar-refractivity contribution in [2.75, 3.05) is 13.2 Å². The van der Waals surface area contributed by atoms with Gasteiger partial charge in [0.2, 0.25) is 0 Å². The first-order valence-corrected chi connectivity index (χ1v) is 5.51. The molecule has 3 heteroatoms. The number of nitrogens with zero attached hydrogens (tertiary/aromatic N) is 1. The number of fused-ring (bicyclic) bond motifs is 1. The Labute approximate surface area is 89.3 Å². The van der Waals surface area contributed by atoms with Gasteiger partial charge in [-0.3, -0.25) is 4.90 Å². The van der Waals surface area contributed by atoms with Crippen LogP contribution < -0.4 is 0 Å². The third kappa shape index (κ3) is 1.43. The number of benzene rings is 1. The van der Waals surface area contributed by atoms with Crippen LogP contribution in [0.2, 0.25) is 0 Å². The van der Waals surface area contributed by atoms with Crippen molar-refractivity contribution < 1.29 is 9.84 Å². The van der Waals surface area contributed by atoms with E-state index >= 15 is 0 Å². The zero-order valence-corrected chi connectivity index (χ0v) is 8.60. The molecule has 2 aliphatic rings. The second-order valence-corrected chi connectivity index (χ2v) is 4.28. The van der Waals surface area contributed by atoms with E-state index in [1.54, 1.807) is 6.07 Å². The van der Waals surface area contributed by atoms with Crippen LogP contribution in [0.25, 0.3) is 0 Å². The van der Waals surface area contributed by atoms with E-state index in [1.165, 1.54) is 12.8 Å².